The predicted octanol–water partition coefficient (Wildman–Crippen LogP) is 3.46. The zero-order valence-corrected chi connectivity index (χ0v) is 17.3. The van der Waals surface area contributed by atoms with Crippen molar-refractivity contribution in [2.24, 2.45) is 23.2 Å². The van der Waals surface area contributed by atoms with E-state index in [0.717, 1.165) is 45.3 Å². The first-order valence-corrected chi connectivity index (χ1v) is 10.6. The lowest BCUT2D eigenvalue weighted by molar-refractivity contribution is 0.0602. The van der Waals surface area contributed by atoms with Gasteiger partial charge in [-0.25, -0.2) is 0 Å². The number of fused-ring (bicyclic) bond motifs is 1. The van der Waals surface area contributed by atoms with E-state index in [-0.39, 0.29) is 0 Å². The van der Waals surface area contributed by atoms with Crippen LogP contribution >= 0.6 is 0 Å². The molecule has 0 aromatic heterocycles. The molecular weight excluding hydrogens is 312 g/mol. The van der Waals surface area contributed by atoms with Crippen molar-refractivity contribution in [2.75, 3.05) is 39.4 Å². The zero-order chi connectivity index (χ0) is 18.3. The molecule has 0 amide bonds. The quantitative estimate of drug-likeness (QED) is 0.527. The molecule has 4 atom stereocenters. The molecule has 2 saturated heterocycles. The summed E-state index contributed by atoms with van der Waals surface area (Å²) in [5.41, 5.74) is 0.382. The first-order chi connectivity index (χ1) is 11.9. The van der Waals surface area contributed by atoms with Crippen molar-refractivity contribution in [3.8, 4) is 0 Å². The Labute approximate surface area is 155 Å². The lowest BCUT2D eigenvalue weighted by Gasteiger charge is -2.26. The highest BCUT2D eigenvalue weighted by molar-refractivity contribution is 4.95. The Bertz CT molecular complexity index is 373. The zero-order valence-electron chi connectivity index (χ0n) is 17.3. The van der Waals surface area contributed by atoms with Crippen molar-refractivity contribution in [1.82, 2.24) is 10.6 Å². The molecule has 2 heterocycles. The standard InChI is InChI=1S/C21H42N2O2/c1-6-9-21(4,5)15-23-12-18-14-25-19-17(13-24-20(18)19)11-22-10-7-8-16(2)3/h16-20,22-23H,6-15H2,1-5H3. The average molecular weight is 355 g/mol. The van der Waals surface area contributed by atoms with Crippen molar-refractivity contribution in [3.05, 3.63) is 0 Å². The summed E-state index contributed by atoms with van der Waals surface area (Å²) in [5.74, 6) is 1.83. The number of rotatable bonds is 12. The molecular formula is C21H42N2O2. The molecule has 4 heteroatoms. The Hall–Kier alpha value is -0.160. The van der Waals surface area contributed by atoms with Crippen molar-refractivity contribution in [2.45, 2.75) is 72.5 Å². The fourth-order valence-electron chi connectivity index (χ4n) is 4.29. The molecule has 2 N–H and O–H groups in total. The molecule has 148 valence electrons. The molecule has 0 aromatic carbocycles. The molecule has 2 fully saturated rings. The van der Waals surface area contributed by atoms with Crippen LogP contribution in [0.5, 0.6) is 0 Å². The van der Waals surface area contributed by atoms with Gasteiger partial charge < -0.3 is 20.1 Å². The van der Waals surface area contributed by atoms with Gasteiger partial charge in [-0.3, -0.25) is 0 Å². The van der Waals surface area contributed by atoms with Crippen molar-refractivity contribution in [3.63, 3.8) is 0 Å². The molecule has 0 bridgehead atoms. The summed E-state index contributed by atoms with van der Waals surface area (Å²) >= 11 is 0. The van der Waals surface area contributed by atoms with E-state index in [1.807, 2.05) is 0 Å². The fraction of sp³-hybridized carbons (Fsp3) is 1.00. The minimum Gasteiger partial charge on any atom is -0.375 e. The van der Waals surface area contributed by atoms with Crippen LogP contribution in [0.25, 0.3) is 0 Å². The van der Waals surface area contributed by atoms with Gasteiger partial charge in [0.15, 0.2) is 0 Å². The van der Waals surface area contributed by atoms with Crippen molar-refractivity contribution >= 4 is 0 Å². The topological polar surface area (TPSA) is 42.5 Å². The van der Waals surface area contributed by atoms with Crippen LogP contribution in [0, 0.1) is 23.2 Å². The van der Waals surface area contributed by atoms with Crippen molar-refractivity contribution in [1.29, 1.82) is 0 Å². The van der Waals surface area contributed by atoms with Crippen molar-refractivity contribution < 1.29 is 9.47 Å². The maximum Gasteiger partial charge on any atom is 0.0903 e. The van der Waals surface area contributed by atoms with E-state index in [2.05, 4.69) is 45.3 Å². The van der Waals surface area contributed by atoms with Gasteiger partial charge in [-0.2, -0.15) is 0 Å². The second-order valence-electron chi connectivity index (χ2n) is 9.40. The van der Waals surface area contributed by atoms with Gasteiger partial charge in [0.25, 0.3) is 0 Å². The summed E-state index contributed by atoms with van der Waals surface area (Å²) in [6.45, 7) is 17.5. The van der Waals surface area contributed by atoms with E-state index in [0.29, 0.717) is 29.5 Å². The molecule has 4 nitrogen and oxygen atoms in total. The largest absolute Gasteiger partial charge is 0.375 e. The number of nitrogens with one attached hydrogen (secondary N) is 2. The smallest absolute Gasteiger partial charge is 0.0903 e. The second kappa shape index (κ2) is 10.2. The summed E-state index contributed by atoms with van der Waals surface area (Å²) in [5, 5.41) is 7.29. The first-order valence-electron chi connectivity index (χ1n) is 10.6. The van der Waals surface area contributed by atoms with E-state index in [9.17, 15) is 0 Å². The van der Waals surface area contributed by atoms with Gasteiger partial charge in [-0.15, -0.1) is 0 Å². The van der Waals surface area contributed by atoms with E-state index in [1.54, 1.807) is 0 Å². The predicted molar refractivity (Wildman–Crippen MR) is 105 cm³/mol. The van der Waals surface area contributed by atoms with Gasteiger partial charge >= 0.3 is 0 Å². The van der Waals surface area contributed by atoms with Crippen LogP contribution < -0.4 is 10.6 Å². The molecule has 0 saturated carbocycles. The molecule has 4 unspecified atom stereocenters. The van der Waals surface area contributed by atoms with Gasteiger partial charge in [0.1, 0.15) is 0 Å². The minimum atomic E-state index is 0.296. The molecule has 0 radical (unpaired) electrons. The molecule has 0 spiro atoms. The third kappa shape index (κ3) is 6.82. The Morgan fingerprint density at radius 3 is 2.16 bits per heavy atom. The van der Waals surface area contributed by atoms with Gasteiger partial charge in [0.2, 0.25) is 0 Å². The van der Waals surface area contributed by atoms with Gasteiger partial charge in [-0.05, 0) is 37.1 Å². The van der Waals surface area contributed by atoms with Crippen LogP contribution in [0.2, 0.25) is 0 Å². The summed E-state index contributed by atoms with van der Waals surface area (Å²) < 4.78 is 12.2. The minimum absolute atomic E-state index is 0.296. The molecule has 0 aromatic rings. The average Bonchev–Trinajstić information content (AvgIpc) is 3.10. The second-order valence-corrected chi connectivity index (χ2v) is 9.40. The Kier molecular flexibility index (Phi) is 8.67. The highest BCUT2D eigenvalue weighted by Gasteiger charge is 2.46. The number of hydrogen-bond acceptors (Lipinski definition) is 4. The molecule has 0 aliphatic carbocycles. The highest BCUT2D eigenvalue weighted by atomic mass is 16.6. The monoisotopic (exact) mass is 354 g/mol. The summed E-state index contributed by atoms with van der Waals surface area (Å²) in [7, 11) is 0. The van der Waals surface area contributed by atoms with E-state index in [1.165, 1.54) is 25.7 Å². The van der Waals surface area contributed by atoms with Crippen LogP contribution in [0.4, 0.5) is 0 Å². The number of hydrogen-bond donors (Lipinski definition) is 2. The van der Waals surface area contributed by atoms with Gasteiger partial charge in [-0.1, -0.05) is 41.0 Å². The van der Waals surface area contributed by atoms with E-state index in [4.69, 9.17) is 9.47 Å². The summed E-state index contributed by atoms with van der Waals surface area (Å²) in [6, 6.07) is 0. The first kappa shape index (κ1) is 21.1. The lowest BCUT2D eigenvalue weighted by Crippen LogP contribution is -2.38. The fourth-order valence-corrected chi connectivity index (χ4v) is 4.29. The van der Waals surface area contributed by atoms with Crippen LogP contribution in [0.15, 0.2) is 0 Å². The number of ether oxygens (including phenoxy) is 2. The maximum absolute atomic E-state index is 6.12. The SMILES string of the molecule is CCCC(C)(C)CNCC1COC2C(CNCCCC(C)C)COC12. The Morgan fingerprint density at radius 1 is 1.00 bits per heavy atom. The summed E-state index contributed by atoms with van der Waals surface area (Å²) in [4.78, 5) is 0. The lowest BCUT2D eigenvalue weighted by atomic mass is 9.88. The Balaban J connectivity index is 1.64. The highest BCUT2D eigenvalue weighted by Crippen LogP contribution is 2.34. The van der Waals surface area contributed by atoms with Gasteiger partial charge in [0, 0.05) is 31.5 Å². The van der Waals surface area contributed by atoms with E-state index < -0.39 is 0 Å². The molecule has 2 aliphatic rings. The normalized spacial score (nSPS) is 29.5. The van der Waals surface area contributed by atoms with Crippen LogP contribution in [-0.4, -0.2) is 51.6 Å². The summed E-state index contributed by atoms with van der Waals surface area (Å²) in [6.07, 6.45) is 5.69. The van der Waals surface area contributed by atoms with Crippen LogP contribution in [0.3, 0.4) is 0 Å². The van der Waals surface area contributed by atoms with E-state index >= 15 is 0 Å². The Morgan fingerprint density at radius 2 is 1.60 bits per heavy atom. The van der Waals surface area contributed by atoms with Crippen LogP contribution in [-0.2, 0) is 9.47 Å². The maximum atomic E-state index is 6.12. The third-order valence-electron chi connectivity index (χ3n) is 5.74. The molecule has 25 heavy (non-hydrogen) atoms. The third-order valence-corrected chi connectivity index (χ3v) is 5.74. The van der Waals surface area contributed by atoms with Crippen LogP contribution in [0.1, 0.15) is 60.3 Å². The van der Waals surface area contributed by atoms with Gasteiger partial charge in [0.05, 0.1) is 25.4 Å². The molecule has 2 rings (SSSR count). The molecule has 2 aliphatic heterocycles.